The van der Waals surface area contributed by atoms with Crippen molar-refractivity contribution >= 4 is 35.0 Å². The Morgan fingerprint density at radius 3 is 2.94 bits per heavy atom. The Kier molecular flexibility index (Phi) is 5.43. The summed E-state index contributed by atoms with van der Waals surface area (Å²) in [6.07, 6.45) is -0.0924. The van der Waals surface area contributed by atoms with Crippen molar-refractivity contribution in [2.75, 3.05) is 6.61 Å². The van der Waals surface area contributed by atoms with Gasteiger partial charge in [-0.05, 0) is 13.8 Å². The Hall–Kier alpha value is -1.08. The van der Waals surface area contributed by atoms with Gasteiger partial charge in [-0.3, -0.25) is 9.59 Å². The van der Waals surface area contributed by atoms with Crippen LogP contribution in [0.2, 0.25) is 0 Å². The number of nitrogens with zero attached hydrogens (tertiary/aromatic N) is 1. The number of thiazole rings is 1. The van der Waals surface area contributed by atoms with E-state index in [2.05, 4.69) is 4.98 Å². The minimum absolute atomic E-state index is 0.0924. The molecule has 1 rings (SSSR count). The monoisotopic (exact) mass is 275 g/mol. The van der Waals surface area contributed by atoms with Crippen molar-refractivity contribution in [3.63, 3.8) is 0 Å². The Balaban J connectivity index is 2.54. The number of ether oxygens (including phenoxy) is 1. The molecule has 5 nitrogen and oxygen atoms in total. The third-order valence-electron chi connectivity index (χ3n) is 1.76. The van der Waals surface area contributed by atoms with E-state index in [9.17, 15) is 9.59 Å². The average molecular weight is 275 g/mol. The van der Waals surface area contributed by atoms with Crippen LogP contribution in [0.25, 0.3) is 0 Å². The van der Waals surface area contributed by atoms with Gasteiger partial charge in [0.1, 0.15) is 5.25 Å². The van der Waals surface area contributed by atoms with Crippen LogP contribution in [0.4, 0.5) is 0 Å². The lowest BCUT2D eigenvalue weighted by atomic mass is 10.3. The Morgan fingerprint density at radius 1 is 1.65 bits per heavy atom. The molecule has 0 spiro atoms. The number of esters is 1. The predicted molar refractivity (Wildman–Crippen MR) is 65.4 cm³/mol. The van der Waals surface area contributed by atoms with Crippen LogP contribution >= 0.6 is 23.1 Å². The molecule has 7 heteroatoms. The summed E-state index contributed by atoms with van der Waals surface area (Å²) in [6.45, 7) is 3.84. The van der Waals surface area contributed by atoms with Gasteiger partial charge in [-0.15, -0.1) is 11.3 Å². The minimum atomic E-state index is -0.912. The molecule has 0 amide bonds. The van der Waals surface area contributed by atoms with Crippen molar-refractivity contribution < 1.29 is 19.4 Å². The molecule has 1 unspecified atom stereocenters. The van der Waals surface area contributed by atoms with E-state index in [0.29, 0.717) is 16.6 Å². The quantitative estimate of drug-likeness (QED) is 0.630. The molecular weight excluding hydrogens is 262 g/mol. The number of hydrogen-bond donors (Lipinski definition) is 1. The van der Waals surface area contributed by atoms with E-state index in [1.54, 1.807) is 19.2 Å². The number of carboxylic acids is 1. The van der Waals surface area contributed by atoms with E-state index in [1.807, 2.05) is 0 Å². The first-order valence-corrected chi connectivity index (χ1v) is 6.78. The lowest BCUT2D eigenvalue weighted by Gasteiger charge is -2.07. The number of hydrogen-bond acceptors (Lipinski definition) is 6. The van der Waals surface area contributed by atoms with E-state index >= 15 is 0 Å². The Bertz CT molecular complexity index is 405. The van der Waals surface area contributed by atoms with Crippen LogP contribution < -0.4 is 0 Å². The SMILES string of the molecule is CCOC(=O)C(C)Sc1nc(CC(=O)O)cs1. The topological polar surface area (TPSA) is 76.5 Å². The van der Waals surface area contributed by atoms with Gasteiger partial charge in [-0.2, -0.15) is 0 Å². The number of thioether (sulfide) groups is 1. The van der Waals surface area contributed by atoms with Gasteiger partial charge in [0, 0.05) is 5.38 Å². The predicted octanol–water partition coefficient (Wildman–Crippen LogP) is 1.81. The summed E-state index contributed by atoms with van der Waals surface area (Å²) in [5, 5.41) is 9.95. The second-order valence-electron chi connectivity index (χ2n) is 3.19. The summed E-state index contributed by atoms with van der Waals surface area (Å²) in [7, 11) is 0. The molecule has 0 saturated heterocycles. The standard InChI is InChI=1S/C10H13NO4S2/c1-3-15-9(14)6(2)17-10-11-7(5-16-10)4-8(12)13/h5-6H,3-4H2,1-2H3,(H,12,13). The van der Waals surface area contributed by atoms with Crippen molar-refractivity contribution in [2.24, 2.45) is 0 Å². The molecule has 0 bridgehead atoms. The average Bonchev–Trinajstić information content (AvgIpc) is 2.64. The molecule has 0 radical (unpaired) electrons. The molecule has 0 aliphatic carbocycles. The van der Waals surface area contributed by atoms with Crippen molar-refractivity contribution in [1.29, 1.82) is 0 Å². The van der Waals surface area contributed by atoms with Gasteiger partial charge >= 0.3 is 11.9 Å². The van der Waals surface area contributed by atoms with E-state index in [-0.39, 0.29) is 17.6 Å². The van der Waals surface area contributed by atoms with E-state index in [0.717, 1.165) is 0 Å². The first kappa shape index (κ1) is 14.0. The van der Waals surface area contributed by atoms with Gasteiger partial charge in [0.15, 0.2) is 4.34 Å². The number of carbonyl (C=O) groups excluding carboxylic acids is 1. The number of rotatable bonds is 6. The van der Waals surface area contributed by atoms with E-state index in [1.165, 1.54) is 23.1 Å². The highest BCUT2D eigenvalue weighted by molar-refractivity contribution is 8.02. The maximum Gasteiger partial charge on any atom is 0.319 e. The highest BCUT2D eigenvalue weighted by atomic mass is 32.2. The number of carbonyl (C=O) groups is 2. The highest BCUT2D eigenvalue weighted by Gasteiger charge is 2.17. The van der Waals surface area contributed by atoms with Gasteiger partial charge in [-0.1, -0.05) is 11.8 Å². The highest BCUT2D eigenvalue weighted by Crippen LogP contribution is 2.27. The van der Waals surface area contributed by atoms with Crippen molar-refractivity contribution in [3.8, 4) is 0 Å². The van der Waals surface area contributed by atoms with E-state index < -0.39 is 5.97 Å². The molecule has 0 aliphatic heterocycles. The molecule has 0 fully saturated rings. The van der Waals surface area contributed by atoms with Crippen LogP contribution in [0.1, 0.15) is 19.5 Å². The second kappa shape index (κ2) is 6.61. The Labute approximate surface area is 107 Å². The lowest BCUT2D eigenvalue weighted by molar-refractivity contribution is -0.142. The van der Waals surface area contributed by atoms with Crippen LogP contribution in [0.15, 0.2) is 9.72 Å². The fourth-order valence-corrected chi connectivity index (χ4v) is 3.02. The number of carboxylic acid groups (broad SMARTS) is 1. The first-order chi connectivity index (χ1) is 8.02. The van der Waals surface area contributed by atoms with E-state index in [4.69, 9.17) is 9.84 Å². The molecular formula is C10H13NO4S2. The van der Waals surface area contributed by atoms with Gasteiger partial charge in [0.25, 0.3) is 0 Å². The molecule has 1 atom stereocenters. The van der Waals surface area contributed by atoms with Crippen LogP contribution in [-0.4, -0.2) is 33.9 Å². The molecule has 17 heavy (non-hydrogen) atoms. The summed E-state index contributed by atoms with van der Waals surface area (Å²) in [4.78, 5) is 26.0. The molecule has 1 heterocycles. The first-order valence-electron chi connectivity index (χ1n) is 5.02. The summed E-state index contributed by atoms with van der Waals surface area (Å²) >= 11 is 2.62. The van der Waals surface area contributed by atoms with Crippen molar-refractivity contribution in [1.82, 2.24) is 4.98 Å². The van der Waals surface area contributed by atoms with Crippen LogP contribution in [0, 0.1) is 0 Å². The smallest absolute Gasteiger partial charge is 0.319 e. The van der Waals surface area contributed by atoms with Gasteiger partial charge in [-0.25, -0.2) is 4.98 Å². The normalized spacial score (nSPS) is 12.1. The van der Waals surface area contributed by atoms with Crippen molar-refractivity contribution in [2.45, 2.75) is 29.9 Å². The number of aliphatic carboxylic acids is 1. The Morgan fingerprint density at radius 2 is 2.35 bits per heavy atom. The molecule has 0 aliphatic rings. The molecule has 1 aromatic heterocycles. The fraction of sp³-hybridized carbons (Fsp3) is 0.500. The van der Waals surface area contributed by atoms with Crippen LogP contribution in [-0.2, 0) is 20.7 Å². The third kappa shape index (κ3) is 4.74. The molecule has 0 saturated carbocycles. The van der Waals surface area contributed by atoms with Crippen LogP contribution in [0.5, 0.6) is 0 Å². The largest absolute Gasteiger partial charge is 0.481 e. The van der Waals surface area contributed by atoms with Gasteiger partial charge < -0.3 is 9.84 Å². The maximum absolute atomic E-state index is 11.4. The molecule has 1 aromatic rings. The zero-order valence-electron chi connectivity index (χ0n) is 9.50. The van der Waals surface area contributed by atoms with Gasteiger partial charge in [0.05, 0.1) is 18.7 Å². The summed E-state index contributed by atoms with van der Waals surface area (Å²) in [5.41, 5.74) is 0.515. The number of aromatic nitrogens is 1. The summed E-state index contributed by atoms with van der Waals surface area (Å²) in [6, 6.07) is 0. The third-order valence-corrected chi connectivity index (χ3v) is 3.86. The summed E-state index contributed by atoms with van der Waals surface area (Å²) < 4.78 is 5.55. The van der Waals surface area contributed by atoms with Crippen LogP contribution in [0.3, 0.4) is 0 Å². The maximum atomic E-state index is 11.4. The zero-order valence-corrected chi connectivity index (χ0v) is 11.1. The second-order valence-corrected chi connectivity index (χ2v) is 5.63. The lowest BCUT2D eigenvalue weighted by Crippen LogP contribution is -2.16. The summed E-state index contributed by atoms with van der Waals surface area (Å²) in [5.74, 6) is -1.20. The zero-order chi connectivity index (χ0) is 12.8. The molecule has 94 valence electrons. The van der Waals surface area contributed by atoms with Crippen molar-refractivity contribution in [3.05, 3.63) is 11.1 Å². The molecule has 1 N–H and O–H groups in total. The fourth-order valence-electron chi connectivity index (χ4n) is 1.04. The minimum Gasteiger partial charge on any atom is -0.481 e. The molecule has 0 aromatic carbocycles. The van der Waals surface area contributed by atoms with Gasteiger partial charge in [0.2, 0.25) is 0 Å².